The van der Waals surface area contributed by atoms with E-state index in [1.807, 2.05) is 30.3 Å². The summed E-state index contributed by atoms with van der Waals surface area (Å²) in [5.41, 5.74) is 0. The van der Waals surface area contributed by atoms with Crippen LogP contribution in [0.2, 0.25) is 0 Å². The summed E-state index contributed by atoms with van der Waals surface area (Å²) >= 11 is 0. The van der Waals surface area contributed by atoms with Crippen LogP contribution < -0.4 is 0 Å². The van der Waals surface area contributed by atoms with E-state index < -0.39 is 0 Å². The van der Waals surface area contributed by atoms with E-state index in [-0.39, 0.29) is 19.5 Å². The predicted molar refractivity (Wildman–Crippen MR) is 45.6 cm³/mol. The zero-order valence-corrected chi connectivity index (χ0v) is 9.66. The minimum atomic E-state index is 0. The Labute approximate surface area is 83.8 Å². The van der Waals surface area contributed by atoms with Crippen LogP contribution in [0.4, 0.5) is 0 Å². The van der Waals surface area contributed by atoms with Crippen molar-refractivity contribution in [3.05, 3.63) is 42.5 Å². The first-order chi connectivity index (χ1) is 5.36. The number of fused-ring (bicyclic) bond motifs is 1. The summed E-state index contributed by atoms with van der Waals surface area (Å²) in [4.78, 5) is 0. The van der Waals surface area contributed by atoms with Crippen LogP contribution in [0, 0.1) is 0 Å². The molecule has 2 aromatic rings. The normalized spacial score (nSPS) is 9.33. The van der Waals surface area contributed by atoms with Crippen molar-refractivity contribution < 1.29 is 24.6 Å². The molecule has 0 fully saturated rings. The van der Waals surface area contributed by atoms with Crippen molar-refractivity contribution in [3.63, 3.8) is 0 Å². The van der Waals surface area contributed by atoms with Crippen molar-refractivity contribution in [2.45, 2.75) is 0 Å². The van der Waals surface area contributed by atoms with Gasteiger partial charge in [0.1, 0.15) is 5.75 Å². The molecule has 0 unspecified atom stereocenters. The third kappa shape index (κ3) is 1.65. The van der Waals surface area contributed by atoms with E-state index in [1.165, 1.54) is 0 Å². The fourth-order valence-corrected chi connectivity index (χ4v) is 1.18. The van der Waals surface area contributed by atoms with Gasteiger partial charge in [-0.1, -0.05) is 30.3 Å². The van der Waals surface area contributed by atoms with Crippen LogP contribution >= 0.6 is 0 Å². The first kappa shape index (κ1) is 9.21. The van der Waals surface area contributed by atoms with Gasteiger partial charge in [-0.25, -0.2) is 0 Å². The molecule has 1 N–H and O–H groups in total. The van der Waals surface area contributed by atoms with E-state index in [9.17, 15) is 0 Å². The van der Waals surface area contributed by atoms with Crippen LogP contribution in [-0.4, -0.2) is 5.11 Å². The molecular weight excluding hydrogens is 201 g/mol. The molecule has 1 nitrogen and oxygen atoms in total. The van der Waals surface area contributed by atoms with Crippen LogP contribution in [0.5, 0.6) is 5.75 Å². The van der Waals surface area contributed by atoms with Gasteiger partial charge in [0.15, 0.2) is 0 Å². The van der Waals surface area contributed by atoms with E-state index in [0.717, 1.165) is 10.8 Å². The van der Waals surface area contributed by atoms with Gasteiger partial charge in [-0.15, -0.1) is 0 Å². The molecule has 0 saturated heterocycles. The summed E-state index contributed by atoms with van der Waals surface area (Å²) in [7, 11) is 0. The zero-order chi connectivity index (χ0) is 7.68. The monoisotopic (exact) mass is 208 g/mol. The summed E-state index contributed by atoms with van der Waals surface area (Å²) in [6, 6.07) is 13.3. The van der Waals surface area contributed by atoms with Crippen LogP contribution in [0.1, 0.15) is 0 Å². The zero-order valence-electron chi connectivity index (χ0n) is 6.70. The molecule has 0 saturated carbocycles. The maximum Gasteiger partial charge on any atom is 0.116 e. The van der Waals surface area contributed by atoms with Gasteiger partial charge in [-0.2, -0.15) is 0 Å². The average molecular weight is 210 g/mol. The molecule has 2 aromatic carbocycles. The average Bonchev–Trinajstić information content (AvgIpc) is 2.04. The molecular formula is C10H8OZn. The Balaban J connectivity index is 0.000000720. The van der Waals surface area contributed by atoms with Gasteiger partial charge in [0.05, 0.1) is 0 Å². The number of aromatic hydroxyl groups is 1. The van der Waals surface area contributed by atoms with E-state index in [0.29, 0.717) is 5.75 Å². The number of phenolic OH excluding ortho intramolecular Hbond substituents is 1. The van der Waals surface area contributed by atoms with Crippen molar-refractivity contribution >= 4 is 10.8 Å². The first-order valence-corrected chi connectivity index (χ1v) is 3.54. The molecule has 0 atom stereocenters. The molecule has 0 heterocycles. The second kappa shape index (κ2) is 3.68. The fourth-order valence-electron chi connectivity index (χ4n) is 1.18. The van der Waals surface area contributed by atoms with Crippen molar-refractivity contribution in [2.75, 3.05) is 0 Å². The van der Waals surface area contributed by atoms with Gasteiger partial charge >= 0.3 is 0 Å². The molecule has 0 aliphatic carbocycles. The van der Waals surface area contributed by atoms with Crippen LogP contribution in [0.3, 0.4) is 0 Å². The number of phenols is 1. The minimum Gasteiger partial charge on any atom is -0.508 e. The molecule has 0 radical (unpaired) electrons. The third-order valence-electron chi connectivity index (χ3n) is 1.73. The second-order valence-corrected chi connectivity index (χ2v) is 2.53. The van der Waals surface area contributed by atoms with Gasteiger partial charge < -0.3 is 5.11 Å². The maximum absolute atomic E-state index is 9.13. The van der Waals surface area contributed by atoms with Gasteiger partial charge in [0, 0.05) is 19.5 Å². The van der Waals surface area contributed by atoms with E-state index in [4.69, 9.17) is 5.11 Å². The topological polar surface area (TPSA) is 20.2 Å². The minimum absolute atomic E-state index is 0. The van der Waals surface area contributed by atoms with Crippen molar-refractivity contribution in [2.24, 2.45) is 0 Å². The SMILES string of the molecule is Oc1ccc2ccccc2c1.[Zn]. The first-order valence-electron chi connectivity index (χ1n) is 3.54. The number of hydrogen-bond acceptors (Lipinski definition) is 1. The molecule has 0 bridgehead atoms. The quantitative estimate of drug-likeness (QED) is 0.661. The Morgan fingerprint density at radius 2 is 1.50 bits per heavy atom. The molecule has 0 amide bonds. The summed E-state index contributed by atoms with van der Waals surface area (Å²) in [5.74, 6) is 0.323. The Hall–Kier alpha value is -0.877. The van der Waals surface area contributed by atoms with Crippen molar-refractivity contribution in [1.29, 1.82) is 0 Å². The van der Waals surface area contributed by atoms with E-state index in [2.05, 4.69) is 0 Å². The number of benzene rings is 2. The Morgan fingerprint density at radius 1 is 0.833 bits per heavy atom. The third-order valence-corrected chi connectivity index (χ3v) is 1.73. The smallest absolute Gasteiger partial charge is 0.116 e. The molecule has 0 aromatic heterocycles. The van der Waals surface area contributed by atoms with Gasteiger partial charge in [0.2, 0.25) is 0 Å². The largest absolute Gasteiger partial charge is 0.508 e. The summed E-state index contributed by atoms with van der Waals surface area (Å²) in [6.07, 6.45) is 0. The number of rotatable bonds is 0. The van der Waals surface area contributed by atoms with E-state index in [1.54, 1.807) is 12.1 Å². The van der Waals surface area contributed by atoms with Gasteiger partial charge in [0.25, 0.3) is 0 Å². The summed E-state index contributed by atoms with van der Waals surface area (Å²) < 4.78 is 0. The second-order valence-electron chi connectivity index (χ2n) is 2.53. The molecule has 0 aliphatic rings. The van der Waals surface area contributed by atoms with Crippen LogP contribution in [-0.2, 0) is 19.5 Å². The predicted octanol–water partition coefficient (Wildman–Crippen LogP) is 2.54. The standard InChI is InChI=1S/C10H8O.Zn/c11-10-6-5-8-3-1-2-4-9(8)7-10;/h1-7,11H;. The van der Waals surface area contributed by atoms with Gasteiger partial charge in [-0.3, -0.25) is 0 Å². The van der Waals surface area contributed by atoms with Crippen LogP contribution in [0.15, 0.2) is 42.5 Å². The summed E-state index contributed by atoms with van der Waals surface area (Å²) in [5, 5.41) is 11.4. The molecule has 2 heteroatoms. The Bertz CT molecular complexity index is 384. The number of hydrogen-bond donors (Lipinski definition) is 1. The van der Waals surface area contributed by atoms with Crippen molar-refractivity contribution in [1.82, 2.24) is 0 Å². The molecule has 56 valence electrons. The van der Waals surface area contributed by atoms with E-state index >= 15 is 0 Å². The molecule has 0 spiro atoms. The molecule has 12 heavy (non-hydrogen) atoms. The van der Waals surface area contributed by atoms with Crippen molar-refractivity contribution in [3.8, 4) is 5.75 Å². The van der Waals surface area contributed by atoms with Gasteiger partial charge in [-0.05, 0) is 22.9 Å². The molecule has 2 rings (SSSR count). The molecule has 0 aliphatic heterocycles. The van der Waals surface area contributed by atoms with Crippen LogP contribution in [0.25, 0.3) is 10.8 Å². The maximum atomic E-state index is 9.13. The Kier molecular flexibility index (Phi) is 2.83. The summed E-state index contributed by atoms with van der Waals surface area (Å²) in [6.45, 7) is 0. The Morgan fingerprint density at radius 3 is 2.25 bits per heavy atom. The fraction of sp³-hybridized carbons (Fsp3) is 0.